The number of pyridine rings is 1. The predicted molar refractivity (Wildman–Crippen MR) is 118 cm³/mol. The molecule has 35 heavy (non-hydrogen) atoms. The first-order valence-electron chi connectivity index (χ1n) is 9.87. The number of benzene rings is 2. The molecule has 0 saturated carbocycles. The van der Waals surface area contributed by atoms with Gasteiger partial charge in [-0.15, -0.1) is 0 Å². The molecule has 0 amide bonds. The Morgan fingerprint density at radius 1 is 0.971 bits per heavy atom. The molecule has 4 aromatic rings. The fourth-order valence-corrected chi connectivity index (χ4v) is 3.19. The van der Waals surface area contributed by atoms with Gasteiger partial charge < -0.3 is 14.5 Å². The normalized spacial score (nSPS) is 11.3. The van der Waals surface area contributed by atoms with Gasteiger partial charge in [-0.3, -0.25) is 4.79 Å². The van der Waals surface area contributed by atoms with Crippen LogP contribution in [0.4, 0.5) is 17.6 Å². The number of alkyl halides is 3. The van der Waals surface area contributed by atoms with Crippen LogP contribution in [-0.2, 0) is 12.8 Å². The monoisotopic (exact) mass is 507 g/mol. The van der Waals surface area contributed by atoms with E-state index in [-0.39, 0.29) is 33.8 Å². The summed E-state index contributed by atoms with van der Waals surface area (Å²) in [5, 5.41) is -0.319. The van der Waals surface area contributed by atoms with Crippen molar-refractivity contribution in [2.75, 3.05) is 0 Å². The second kappa shape index (κ2) is 9.63. The average molecular weight is 508 g/mol. The SMILES string of the molecule is O=c1cc(C(F)(F)F)[nH]c(=O)n1-c1nc(Oc2ccccc2OCc2ccccc2)c(Cl)cc1F. The first-order valence-corrected chi connectivity index (χ1v) is 10.2. The quantitative estimate of drug-likeness (QED) is 0.367. The maximum absolute atomic E-state index is 14.6. The summed E-state index contributed by atoms with van der Waals surface area (Å²) in [4.78, 5) is 29.7. The van der Waals surface area contributed by atoms with Crippen LogP contribution in [0, 0.1) is 5.82 Å². The molecule has 1 N–H and O–H groups in total. The largest absolute Gasteiger partial charge is 0.485 e. The van der Waals surface area contributed by atoms with Gasteiger partial charge in [0.05, 0.1) is 0 Å². The Hall–Kier alpha value is -4.12. The van der Waals surface area contributed by atoms with Gasteiger partial charge in [0.1, 0.15) is 17.3 Å². The van der Waals surface area contributed by atoms with Crippen molar-refractivity contribution < 1.29 is 27.0 Å². The molecule has 0 saturated heterocycles. The number of para-hydroxylation sites is 2. The van der Waals surface area contributed by atoms with Gasteiger partial charge in [0.2, 0.25) is 5.88 Å². The zero-order chi connectivity index (χ0) is 25.2. The Kier molecular flexibility index (Phi) is 6.61. The van der Waals surface area contributed by atoms with Gasteiger partial charge in [0.25, 0.3) is 5.56 Å². The van der Waals surface area contributed by atoms with E-state index >= 15 is 0 Å². The lowest BCUT2D eigenvalue weighted by Crippen LogP contribution is -2.36. The second-order valence-electron chi connectivity index (χ2n) is 7.06. The number of hydrogen-bond donors (Lipinski definition) is 1. The molecule has 12 heteroatoms. The number of ether oxygens (including phenoxy) is 2. The molecular formula is C23H14ClF4N3O4. The van der Waals surface area contributed by atoms with E-state index in [1.807, 2.05) is 30.3 Å². The fourth-order valence-electron chi connectivity index (χ4n) is 3.01. The van der Waals surface area contributed by atoms with Crippen molar-refractivity contribution in [1.29, 1.82) is 0 Å². The number of nitrogens with zero attached hydrogens (tertiary/aromatic N) is 2. The summed E-state index contributed by atoms with van der Waals surface area (Å²) in [6, 6.07) is 16.5. The Morgan fingerprint density at radius 3 is 2.29 bits per heavy atom. The van der Waals surface area contributed by atoms with Gasteiger partial charge in [0, 0.05) is 12.1 Å². The third kappa shape index (κ3) is 5.35. The van der Waals surface area contributed by atoms with Crippen molar-refractivity contribution in [1.82, 2.24) is 14.5 Å². The van der Waals surface area contributed by atoms with E-state index in [1.165, 1.54) is 11.1 Å². The molecular weight excluding hydrogens is 494 g/mol. The van der Waals surface area contributed by atoms with E-state index < -0.39 is 40.6 Å². The Morgan fingerprint density at radius 2 is 1.63 bits per heavy atom. The number of hydrogen-bond acceptors (Lipinski definition) is 5. The minimum atomic E-state index is -4.99. The van der Waals surface area contributed by atoms with Crippen LogP contribution >= 0.6 is 11.6 Å². The van der Waals surface area contributed by atoms with Crippen molar-refractivity contribution >= 4 is 11.6 Å². The van der Waals surface area contributed by atoms with E-state index in [1.54, 1.807) is 18.2 Å². The highest BCUT2D eigenvalue weighted by molar-refractivity contribution is 6.31. The Bertz CT molecular complexity index is 1460. The van der Waals surface area contributed by atoms with Crippen LogP contribution < -0.4 is 20.7 Å². The molecule has 180 valence electrons. The van der Waals surface area contributed by atoms with Crippen LogP contribution in [0.15, 0.2) is 76.3 Å². The minimum absolute atomic E-state index is 0.103. The van der Waals surface area contributed by atoms with Crippen LogP contribution in [0.1, 0.15) is 11.3 Å². The Labute approximate surface area is 199 Å². The zero-order valence-corrected chi connectivity index (χ0v) is 18.2. The molecule has 0 aliphatic heterocycles. The Balaban J connectivity index is 1.69. The standard InChI is InChI=1S/C23H14ClF4N3O4/c24-14-10-15(25)20(31-19(32)11-18(23(26,27)28)29-22(31)33)30-21(14)35-17-9-5-4-8-16(17)34-12-13-6-2-1-3-7-13/h1-11H,12H2,(H,29,33). The summed E-state index contributed by atoms with van der Waals surface area (Å²) < 4.78 is 64.7. The molecule has 7 nitrogen and oxygen atoms in total. The van der Waals surface area contributed by atoms with Crippen LogP contribution in [-0.4, -0.2) is 14.5 Å². The van der Waals surface area contributed by atoms with E-state index in [4.69, 9.17) is 21.1 Å². The van der Waals surface area contributed by atoms with Crippen molar-refractivity contribution in [3.05, 3.63) is 110 Å². The number of H-pyrrole nitrogens is 1. The first kappa shape index (κ1) is 24.0. The van der Waals surface area contributed by atoms with Gasteiger partial charge in [0.15, 0.2) is 23.1 Å². The lowest BCUT2D eigenvalue weighted by molar-refractivity contribution is -0.141. The molecule has 0 bridgehead atoms. The predicted octanol–water partition coefficient (Wildman–Crippen LogP) is 5.10. The van der Waals surface area contributed by atoms with Crippen LogP contribution in [0.25, 0.3) is 5.82 Å². The molecule has 0 fully saturated rings. The van der Waals surface area contributed by atoms with Gasteiger partial charge in [-0.25, -0.2) is 13.8 Å². The molecule has 0 atom stereocenters. The molecule has 0 spiro atoms. The van der Waals surface area contributed by atoms with E-state index in [9.17, 15) is 27.2 Å². The topological polar surface area (TPSA) is 86.2 Å². The second-order valence-corrected chi connectivity index (χ2v) is 7.47. The molecule has 0 unspecified atom stereocenters. The molecule has 0 aliphatic carbocycles. The van der Waals surface area contributed by atoms with Gasteiger partial charge in [-0.1, -0.05) is 54.1 Å². The van der Waals surface area contributed by atoms with Crippen LogP contribution in [0.3, 0.4) is 0 Å². The number of nitrogens with one attached hydrogen (secondary N) is 1. The van der Waals surface area contributed by atoms with E-state index in [0.717, 1.165) is 11.6 Å². The fraction of sp³-hybridized carbons (Fsp3) is 0.0870. The number of halogens is 5. The number of aromatic nitrogens is 3. The molecule has 2 aromatic carbocycles. The van der Waals surface area contributed by atoms with Crippen molar-refractivity contribution in [3.8, 4) is 23.2 Å². The summed E-state index contributed by atoms with van der Waals surface area (Å²) in [6.07, 6.45) is -4.99. The van der Waals surface area contributed by atoms with Crippen molar-refractivity contribution in [2.45, 2.75) is 12.8 Å². The smallest absolute Gasteiger partial charge is 0.431 e. The lowest BCUT2D eigenvalue weighted by Gasteiger charge is -2.14. The average Bonchev–Trinajstić information content (AvgIpc) is 2.81. The molecule has 0 aliphatic rings. The van der Waals surface area contributed by atoms with Crippen molar-refractivity contribution in [3.63, 3.8) is 0 Å². The third-order valence-electron chi connectivity index (χ3n) is 4.62. The molecule has 4 rings (SSSR count). The van der Waals surface area contributed by atoms with Crippen molar-refractivity contribution in [2.24, 2.45) is 0 Å². The minimum Gasteiger partial charge on any atom is -0.485 e. The van der Waals surface area contributed by atoms with Gasteiger partial charge in [-0.05, 0) is 17.7 Å². The third-order valence-corrected chi connectivity index (χ3v) is 4.89. The summed E-state index contributed by atoms with van der Waals surface area (Å²) >= 11 is 6.04. The number of aromatic amines is 1. The zero-order valence-electron chi connectivity index (χ0n) is 17.5. The molecule has 2 aromatic heterocycles. The number of rotatable bonds is 6. The maximum Gasteiger partial charge on any atom is 0.431 e. The summed E-state index contributed by atoms with van der Waals surface area (Å²) in [5.74, 6) is -2.13. The van der Waals surface area contributed by atoms with Crippen LogP contribution in [0.2, 0.25) is 5.02 Å². The first-order chi connectivity index (χ1) is 16.6. The van der Waals surface area contributed by atoms with Gasteiger partial charge >= 0.3 is 11.9 Å². The summed E-state index contributed by atoms with van der Waals surface area (Å²) in [5.41, 5.74) is -3.70. The maximum atomic E-state index is 14.6. The highest BCUT2D eigenvalue weighted by Gasteiger charge is 2.33. The highest BCUT2D eigenvalue weighted by Crippen LogP contribution is 2.35. The van der Waals surface area contributed by atoms with Gasteiger partial charge in [-0.2, -0.15) is 18.2 Å². The lowest BCUT2D eigenvalue weighted by atomic mass is 10.2. The van der Waals surface area contributed by atoms with E-state index in [2.05, 4.69) is 4.98 Å². The molecule has 2 heterocycles. The molecule has 0 radical (unpaired) electrons. The summed E-state index contributed by atoms with van der Waals surface area (Å²) in [6.45, 7) is 0.202. The summed E-state index contributed by atoms with van der Waals surface area (Å²) in [7, 11) is 0. The van der Waals surface area contributed by atoms with E-state index in [0.29, 0.717) is 0 Å². The van der Waals surface area contributed by atoms with Crippen LogP contribution in [0.5, 0.6) is 17.4 Å². The highest BCUT2D eigenvalue weighted by atomic mass is 35.5.